The summed E-state index contributed by atoms with van der Waals surface area (Å²) >= 11 is 0. The lowest BCUT2D eigenvalue weighted by Crippen LogP contribution is -2.51. The maximum absolute atomic E-state index is 3.90. The highest BCUT2D eigenvalue weighted by Crippen LogP contribution is 2.38. The van der Waals surface area contributed by atoms with Crippen molar-refractivity contribution in [3.8, 4) is 0 Å². The first kappa shape index (κ1) is 14.1. The molecule has 2 unspecified atom stereocenters. The Kier molecular flexibility index (Phi) is 4.13. The summed E-state index contributed by atoms with van der Waals surface area (Å²) in [6.45, 7) is 5.84. The van der Waals surface area contributed by atoms with Crippen LogP contribution < -0.4 is 5.32 Å². The normalized spacial score (nSPS) is 34.8. The predicted molar refractivity (Wildman–Crippen MR) is 85.2 cm³/mol. The van der Waals surface area contributed by atoms with Gasteiger partial charge in [0.05, 0.1) is 0 Å². The van der Waals surface area contributed by atoms with Crippen LogP contribution in [0.1, 0.15) is 49.7 Å². The van der Waals surface area contributed by atoms with E-state index in [1.165, 1.54) is 37.8 Å². The van der Waals surface area contributed by atoms with Crippen molar-refractivity contribution >= 4 is 0 Å². The second kappa shape index (κ2) is 5.87. The smallest absolute Gasteiger partial charge is 0.00966 e. The second-order valence-electron chi connectivity index (χ2n) is 6.94. The van der Waals surface area contributed by atoms with E-state index < -0.39 is 0 Å². The van der Waals surface area contributed by atoms with Gasteiger partial charge in [-0.1, -0.05) is 24.3 Å². The van der Waals surface area contributed by atoms with Crippen molar-refractivity contribution < 1.29 is 0 Å². The van der Waals surface area contributed by atoms with E-state index >= 15 is 0 Å². The summed E-state index contributed by atoms with van der Waals surface area (Å²) in [5, 5.41) is 3.90. The Labute approximate surface area is 123 Å². The molecule has 0 bridgehead atoms. The van der Waals surface area contributed by atoms with Crippen LogP contribution in [0.4, 0.5) is 0 Å². The second-order valence-corrected chi connectivity index (χ2v) is 6.94. The molecule has 1 saturated heterocycles. The Morgan fingerprint density at radius 2 is 1.85 bits per heavy atom. The van der Waals surface area contributed by atoms with Crippen molar-refractivity contribution in [1.29, 1.82) is 0 Å². The third-order valence-electron chi connectivity index (χ3n) is 5.45. The number of nitrogens with one attached hydrogen (secondary N) is 1. The van der Waals surface area contributed by atoms with Crippen molar-refractivity contribution in [2.45, 2.75) is 63.6 Å². The molecule has 2 aliphatic rings. The number of piperidine rings is 1. The fourth-order valence-electron chi connectivity index (χ4n) is 3.83. The zero-order chi connectivity index (χ0) is 14.1. The van der Waals surface area contributed by atoms with Crippen molar-refractivity contribution in [2.75, 3.05) is 13.6 Å². The molecule has 2 nitrogen and oxygen atoms in total. The van der Waals surface area contributed by atoms with Gasteiger partial charge in [-0.15, -0.1) is 0 Å². The molecular weight excluding hydrogens is 244 g/mol. The molecule has 1 aliphatic heterocycles. The van der Waals surface area contributed by atoms with E-state index in [0.29, 0.717) is 0 Å². The molecule has 20 heavy (non-hydrogen) atoms. The topological polar surface area (TPSA) is 15.3 Å². The minimum Gasteiger partial charge on any atom is -0.311 e. The van der Waals surface area contributed by atoms with Crippen LogP contribution in [0.5, 0.6) is 0 Å². The molecule has 1 N–H and O–H groups in total. The average molecular weight is 272 g/mol. The van der Waals surface area contributed by atoms with E-state index in [9.17, 15) is 0 Å². The molecule has 2 fully saturated rings. The molecule has 1 aliphatic carbocycles. The van der Waals surface area contributed by atoms with Gasteiger partial charge in [0.25, 0.3) is 0 Å². The van der Waals surface area contributed by atoms with Crippen LogP contribution in [0.2, 0.25) is 0 Å². The molecule has 1 heterocycles. The van der Waals surface area contributed by atoms with Crippen LogP contribution in [0.25, 0.3) is 0 Å². The highest BCUT2D eigenvalue weighted by Gasteiger charge is 2.33. The average Bonchev–Trinajstić information content (AvgIpc) is 2.39. The van der Waals surface area contributed by atoms with E-state index in [1.54, 1.807) is 5.56 Å². The minimum atomic E-state index is 0.730. The van der Waals surface area contributed by atoms with Gasteiger partial charge in [0.15, 0.2) is 0 Å². The third-order valence-corrected chi connectivity index (χ3v) is 5.45. The van der Waals surface area contributed by atoms with Gasteiger partial charge in [0.2, 0.25) is 0 Å². The molecule has 1 aromatic carbocycles. The lowest BCUT2D eigenvalue weighted by atomic mass is 9.74. The fourth-order valence-corrected chi connectivity index (χ4v) is 3.83. The summed E-state index contributed by atoms with van der Waals surface area (Å²) in [5.74, 6) is 0.789. The van der Waals surface area contributed by atoms with E-state index in [4.69, 9.17) is 0 Å². The first-order valence-corrected chi connectivity index (χ1v) is 8.15. The van der Waals surface area contributed by atoms with Crippen molar-refractivity contribution in [1.82, 2.24) is 10.2 Å². The summed E-state index contributed by atoms with van der Waals surface area (Å²) < 4.78 is 0. The van der Waals surface area contributed by atoms with Gasteiger partial charge < -0.3 is 10.2 Å². The molecule has 0 aromatic heterocycles. The Morgan fingerprint density at radius 3 is 2.55 bits per heavy atom. The Bertz CT molecular complexity index is 450. The molecule has 0 radical (unpaired) electrons. The Morgan fingerprint density at radius 1 is 1.10 bits per heavy atom. The largest absolute Gasteiger partial charge is 0.311 e. The monoisotopic (exact) mass is 272 g/mol. The number of hydrogen-bond acceptors (Lipinski definition) is 2. The molecular formula is C18H28N2. The summed E-state index contributed by atoms with van der Waals surface area (Å²) in [6, 6.07) is 11.1. The van der Waals surface area contributed by atoms with Crippen LogP contribution in [0, 0.1) is 6.92 Å². The van der Waals surface area contributed by atoms with E-state index in [-0.39, 0.29) is 0 Å². The van der Waals surface area contributed by atoms with Crippen LogP contribution in [0.15, 0.2) is 24.3 Å². The quantitative estimate of drug-likeness (QED) is 0.908. The van der Waals surface area contributed by atoms with Gasteiger partial charge in [0, 0.05) is 18.1 Å². The maximum atomic E-state index is 3.90. The Balaban J connectivity index is 1.48. The molecule has 2 heteroatoms. The lowest BCUT2D eigenvalue weighted by Gasteiger charge is -2.42. The van der Waals surface area contributed by atoms with Crippen LogP contribution >= 0.6 is 0 Å². The molecule has 110 valence electrons. The van der Waals surface area contributed by atoms with Crippen molar-refractivity contribution in [2.24, 2.45) is 0 Å². The molecule has 0 amide bonds. The van der Waals surface area contributed by atoms with Crippen molar-refractivity contribution in [3.63, 3.8) is 0 Å². The number of aryl methyl sites for hydroxylation is 1. The van der Waals surface area contributed by atoms with Gasteiger partial charge >= 0.3 is 0 Å². The number of hydrogen-bond donors (Lipinski definition) is 1. The van der Waals surface area contributed by atoms with Crippen LogP contribution in [0.3, 0.4) is 0 Å². The summed E-state index contributed by atoms with van der Waals surface area (Å²) in [4.78, 5) is 2.48. The highest BCUT2D eigenvalue weighted by atomic mass is 15.1. The first-order chi connectivity index (χ1) is 9.63. The van der Waals surface area contributed by atoms with Gasteiger partial charge in [-0.05, 0) is 70.2 Å². The minimum absolute atomic E-state index is 0.730. The number of rotatable bonds is 3. The maximum Gasteiger partial charge on any atom is 0.00966 e. The molecule has 0 spiro atoms. The highest BCUT2D eigenvalue weighted by molar-refractivity contribution is 5.31. The van der Waals surface area contributed by atoms with E-state index in [2.05, 4.69) is 55.4 Å². The number of nitrogens with zero attached hydrogens (tertiary/aromatic N) is 1. The van der Waals surface area contributed by atoms with Crippen molar-refractivity contribution in [3.05, 3.63) is 35.4 Å². The lowest BCUT2D eigenvalue weighted by molar-refractivity contribution is 0.146. The van der Waals surface area contributed by atoms with E-state index in [0.717, 1.165) is 24.0 Å². The molecule has 1 saturated carbocycles. The summed E-state index contributed by atoms with van der Waals surface area (Å²) in [6.07, 6.45) is 5.27. The SMILES string of the molecule is Cc1ccccc1C1CC(NC2CCN(C)C(C)C2)C1. The molecule has 3 rings (SSSR count). The summed E-state index contributed by atoms with van der Waals surface area (Å²) in [5.41, 5.74) is 3.03. The van der Waals surface area contributed by atoms with Crippen LogP contribution in [-0.4, -0.2) is 36.6 Å². The predicted octanol–water partition coefficient (Wildman–Crippen LogP) is 3.31. The Hall–Kier alpha value is -0.860. The first-order valence-electron chi connectivity index (χ1n) is 8.15. The van der Waals surface area contributed by atoms with Gasteiger partial charge in [-0.25, -0.2) is 0 Å². The zero-order valence-electron chi connectivity index (χ0n) is 13.1. The van der Waals surface area contributed by atoms with E-state index in [1.807, 2.05) is 0 Å². The number of likely N-dealkylation sites (tertiary alicyclic amines) is 1. The molecule has 1 aromatic rings. The van der Waals surface area contributed by atoms with Crippen LogP contribution in [-0.2, 0) is 0 Å². The fraction of sp³-hybridized carbons (Fsp3) is 0.667. The number of benzene rings is 1. The van der Waals surface area contributed by atoms with Gasteiger partial charge in [0.1, 0.15) is 0 Å². The summed E-state index contributed by atoms with van der Waals surface area (Å²) in [7, 11) is 2.25. The van der Waals surface area contributed by atoms with Gasteiger partial charge in [-0.3, -0.25) is 0 Å². The third kappa shape index (κ3) is 2.91. The molecule has 2 atom stereocenters. The van der Waals surface area contributed by atoms with Gasteiger partial charge in [-0.2, -0.15) is 0 Å². The standard InChI is InChI=1S/C18H28N2/c1-13-6-4-5-7-18(13)15-11-17(12-15)19-16-8-9-20(3)14(2)10-16/h4-7,14-17,19H,8-12H2,1-3H3. The zero-order valence-corrected chi connectivity index (χ0v) is 13.1.